The quantitative estimate of drug-likeness (QED) is 0.174. The van der Waals surface area contributed by atoms with Crippen LogP contribution in [0, 0.1) is 45.6 Å². The van der Waals surface area contributed by atoms with Crippen LogP contribution in [0.25, 0.3) is 71.0 Å². The van der Waals surface area contributed by atoms with Gasteiger partial charge in [-0.05, 0) is 112 Å². The highest BCUT2D eigenvalue weighted by Gasteiger charge is 2.35. The molecule has 0 unspecified atom stereocenters. The largest absolute Gasteiger partial charge is 0.417 e. The predicted molar refractivity (Wildman–Crippen MR) is 195 cm³/mol. The van der Waals surface area contributed by atoms with Gasteiger partial charge in [0.1, 0.15) is 0 Å². The maximum atomic E-state index is 14.7. The molecule has 2 aromatic heterocycles. The summed E-state index contributed by atoms with van der Waals surface area (Å²) in [5.74, 6) is 0. The number of alkyl halides is 3. The van der Waals surface area contributed by atoms with Crippen molar-refractivity contribution in [2.45, 2.75) is 33.9 Å². The molecule has 0 aliphatic rings. The first-order valence-electron chi connectivity index (χ1n) is 16.2. The van der Waals surface area contributed by atoms with Crippen LogP contribution in [0.3, 0.4) is 0 Å². The molecule has 4 nitrogen and oxygen atoms in total. The molecule has 0 N–H and O–H groups in total. The smallest absolute Gasteiger partial charge is 0.308 e. The summed E-state index contributed by atoms with van der Waals surface area (Å²) in [4.78, 5) is 3.84. The van der Waals surface area contributed by atoms with Crippen LogP contribution in [0.4, 0.5) is 18.9 Å². The van der Waals surface area contributed by atoms with Crippen molar-refractivity contribution < 1.29 is 13.2 Å². The minimum absolute atomic E-state index is 0.0700. The Morgan fingerprint density at radius 1 is 0.560 bits per heavy atom. The second-order valence-corrected chi connectivity index (χ2v) is 13.1. The Kier molecular flexibility index (Phi) is 6.89. The molecule has 8 rings (SSSR count). The van der Waals surface area contributed by atoms with Crippen LogP contribution in [-0.4, -0.2) is 9.13 Å². The Morgan fingerprint density at radius 3 is 1.36 bits per heavy atom. The third-order valence-electron chi connectivity index (χ3n) is 9.59. The summed E-state index contributed by atoms with van der Waals surface area (Å²) < 4.78 is 48.2. The zero-order chi connectivity index (χ0) is 35.1. The van der Waals surface area contributed by atoms with Gasteiger partial charge in [-0.1, -0.05) is 52.6 Å². The SMILES string of the molecule is [C-]#[N+]c1cc(-n2c3ccc(C)cc3c3cc(C)ccc32)c(-n2c3ccc(C)cc3c3cc(C)ccc32)cc1-c1ccc(C#N)cc1C(F)(F)F. The Balaban J connectivity index is 1.59. The van der Waals surface area contributed by atoms with Gasteiger partial charge < -0.3 is 9.13 Å². The van der Waals surface area contributed by atoms with Gasteiger partial charge in [0, 0.05) is 21.5 Å². The van der Waals surface area contributed by atoms with E-state index in [4.69, 9.17) is 6.57 Å². The molecule has 0 spiro atoms. The van der Waals surface area contributed by atoms with Gasteiger partial charge in [0.05, 0.1) is 57.2 Å². The molecule has 0 amide bonds. The molecule has 6 aromatic carbocycles. The molecule has 7 heteroatoms. The van der Waals surface area contributed by atoms with E-state index in [0.717, 1.165) is 71.9 Å². The number of benzene rings is 6. The van der Waals surface area contributed by atoms with Gasteiger partial charge in [-0.15, -0.1) is 0 Å². The van der Waals surface area contributed by atoms with Crippen molar-refractivity contribution in [3.63, 3.8) is 0 Å². The Bertz CT molecular complexity index is 2700. The zero-order valence-corrected chi connectivity index (χ0v) is 27.7. The molecular weight excluding hydrogens is 629 g/mol. The van der Waals surface area contributed by atoms with Gasteiger partial charge >= 0.3 is 6.18 Å². The topological polar surface area (TPSA) is 38.0 Å². The number of nitrogens with zero attached hydrogens (tertiary/aromatic N) is 4. The summed E-state index contributed by atoms with van der Waals surface area (Å²) in [5.41, 5.74) is 8.26. The summed E-state index contributed by atoms with van der Waals surface area (Å²) in [7, 11) is 0. The lowest BCUT2D eigenvalue weighted by Crippen LogP contribution is -2.09. The molecule has 0 radical (unpaired) electrons. The number of aryl methyl sites for hydroxylation is 4. The Morgan fingerprint density at radius 2 is 0.980 bits per heavy atom. The van der Waals surface area contributed by atoms with E-state index in [1.165, 1.54) is 12.1 Å². The standard InChI is InChI=1S/C43H29F3N4/c1-24-6-12-37-31(16-24)32-17-25(2)7-13-38(32)49(37)41-21-30(29-11-10-28(23-47)20-35(29)43(44,45)46)36(48-5)22-42(41)50-39-14-8-26(3)18-33(39)34-19-27(4)9-15-40(34)50/h6-22H,1-4H3. The molecule has 50 heavy (non-hydrogen) atoms. The number of aromatic nitrogens is 2. The van der Waals surface area contributed by atoms with E-state index >= 15 is 0 Å². The van der Waals surface area contributed by atoms with Gasteiger partial charge in [-0.25, -0.2) is 4.85 Å². The lowest BCUT2D eigenvalue weighted by Gasteiger charge is -2.21. The van der Waals surface area contributed by atoms with Crippen LogP contribution in [0.1, 0.15) is 33.4 Å². The fourth-order valence-corrected chi connectivity index (χ4v) is 7.34. The number of fused-ring (bicyclic) bond motifs is 6. The van der Waals surface area contributed by atoms with Crippen molar-refractivity contribution in [1.82, 2.24) is 9.13 Å². The lowest BCUT2D eigenvalue weighted by atomic mass is 9.95. The Labute approximate surface area is 286 Å². The van der Waals surface area contributed by atoms with E-state index in [2.05, 4.69) is 50.4 Å². The third kappa shape index (κ3) is 4.74. The lowest BCUT2D eigenvalue weighted by molar-refractivity contribution is -0.137. The van der Waals surface area contributed by atoms with Crippen LogP contribution in [0.15, 0.2) is 103 Å². The first-order chi connectivity index (χ1) is 24.0. The molecule has 0 atom stereocenters. The van der Waals surface area contributed by atoms with E-state index in [-0.39, 0.29) is 22.4 Å². The minimum atomic E-state index is -4.76. The molecule has 0 fully saturated rings. The van der Waals surface area contributed by atoms with Crippen LogP contribution in [-0.2, 0) is 6.18 Å². The van der Waals surface area contributed by atoms with Gasteiger partial charge in [-0.3, -0.25) is 0 Å². The fourth-order valence-electron chi connectivity index (χ4n) is 7.34. The van der Waals surface area contributed by atoms with Gasteiger partial charge in [0.25, 0.3) is 0 Å². The normalized spacial score (nSPS) is 11.9. The summed E-state index contributed by atoms with van der Waals surface area (Å²) >= 11 is 0. The highest BCUT2D eigenvalue weighted by molar-refractivity contribution is 6.12. The minimum Gasteiger partial charge on any atom is -0.308 e. The third-order valence-corrected chi connectivity index (χ3v) is 9.59. The van der Waals surface area contributed by atoms with Crippen molar-refractivity contribution in [3.8, 4) is 28.6 Å². The van der Waals surface area contributed by atoms with Crippen molar-refractivity contribution in [1.29, 1.82) is 5.26 Å². The van der Waals surface area contributed by atoms with Gasteiger partial charge in [0.2, 0.25) is 0 Å². The summed E-state index contributed by atoms with van der Waals surface area (Å²) in [6.45, 7) is 16.5. The van der Waals surface area contributed by atoms with Gasteiger partial charge in [0.15, 0.2) is 5.69 Å². The average Bonchev–Trinajstić information content (AvgIpc) is 3.57. The predicted octanol–water partition coefficient (Wildman–Crippen LogP) is 12.2. The molecule has 2 heterocycles. The van der Waals surface area contributed by atoms with Crippen molar-refractivity contribution in [2.75, 3.05) is 0 Å². The Hall–Kier alpha value is -6.31. The molecular formula is C43H29F3N4. The van der Waals surface area contributed by atoms with E-state index < -0.39 is 11.7 Å². The van der Waals surface area contributed by atoms with E-state index in [1.807, 2.05) is 70.2 Å². The summed E-state index contributed by atoms with van der Waals surface area (Å²) in [6, 6.07) is 33.8. The summed E-state index contributed by atoms with van der Waals surface area (Å²) in [5, 5.41) is 13.6. The molecule has 242 valence electrons. The number of rotatable bonds is 3. The highest BCUT2D eigenvalue weighted by atomic mass is 19.4. The molecule has 0 saturated carbocycles. The summed E-state index contributed by atoms with van der Waals surface area (Å²) in [6.07, 6.45) is -4.76. The van der Waals surface area contributed by atoms with Crippen LogP contribution < -0.4 is 0 Å². The maximum absolute atomic E-state index is 14.7. The molecule has 0 aliphatic heterocycles. The number of hydrogen-bond donors (Lipinski definition) is 0. The van der Waals surface area contributed by atoms with E-state index in [1.54, 1.807) is 12.1 Å². The average molecular weight is 659 g/mol. The molecule has 0 aliphatic carbocycles. The number of hydrogen-bond acceptors (Lipinski definition) is 1. The van der Waals surface area contributed by atoms with Crippen molar-refractivity contribution in [2.24, 2.45) is 0 Å². The second kappa shape index (κ2) is 11.1. The highest BCUT2D eigenvalue weighted by Crippen LogP contribution is 2.46. The maximum Gasteiger partial charge on any atom is 0.417 e. The second-order valence-electron chi connectivity index (χ2n) is 13.1. The number of halogens is 3. The first-order valence-corrected chi connectivity index (χ1v) is 16.2. The van der Waals surface area contributed by atoms with Crippen molar-refractivity contribution in [3.05, 3.63) is 148 Å². The molecule has 0 bridgehead atoms. The monoisotopic (exact) mass is 658 g/mol. The number of nitriles is 1. The zero-order valence-electron chi connectivity index (χ0n) is 27.7. The molecule has 8 aromatic rings. The molecule has 0 saturated heterocycles. The van der Waals surface area contributed by atoms with Crippen LogP contribution >= 0.6 is 0 Å². The van der Waals surface area contributed by atoms with E-state index in [9.17, 15) is 18.4 Å². The van der Waals surface area contributed by atoms with Crippen molar-refractivity contribution >= 4 is 49.3 Å². The van der Waals surface area contributed by atoms with Crippen LogP contribution in [0.2, 0.25) is 0 Å². The van der Waals surface area contributed by atoms with Gasteiger partial charge in [-0.2, -0.15) is 18.4 Å². The van der Waals surface area contributed by atoms with Crippen LogP contribution in [0.5, 0.6) is 0 Å². The van der Waals surface area contributed by atoms with E-state index in [0.29, 0.717) is 11.4 Å². The fraction of sp³-hybridized carbons (Fsp3) is 0.116. The first kappa shape index (κ1) is 31.0.